The van der Waals surface area contributed by atoms with Crippen molar-refractivity contribution in [2.75, 3.05) is 12.4 Å². The highest BCUT2D eigenvalue weighted by Crippen LogP contribution is 2.30. The number of thioether (sulfide) groups is 1. The Morgan fingerprint density at radius 3 is 3.19 bits per heavy atom. The number of aromatic nitrogens is 2. The van der Waals surface area contributed by atoms with Gasteiger partial charge in [-0.15, -0.1) is 11.8 Å². The van der Waals surface area contributed by atoms with Gasteiger partial charge in [0.1, 0.15) is 11.7 Å². The fraction of sp³-hybridized carbons (Fsp3) is 0.556. The molecule has 5 nitrogen and oxygen atoms in total. The molecule has 1 aromatic heterocycles. The Morgan fingerprint density at radius 2 is 2.56 bits per heavy atom. The first kappa shape index (κ1) is 11.6. The molecule has 1 saturated heterocycles. The summed E-state index contributed by atoms with van der Waals surface area (Å²) in [6.45, 7) is 1.31. The molecule has 1 fully saturated rings. The van der Waals surface area contributed by atoms with E-state index in [4.69, 9.17) is 9.84 Å². The predicted octanol–water partition coefficient (Wildman–Crippen LogP) is 0.271. The van der Waals surface area contributed by atoms with Crippen LogP contribution in [0.5, 0.6) is 0 Å². The van der Waals surface area contributed by atoms with E-state index < -0.39 is 17.7 Å². The lowest BCUT2D eigenvalue weighted by Gasteiger charge is -2.13. The van der Waals surface area contributed by atoms with Crippen molar-refractivity contribution in [3.05, 3.63) is 28.2 Å². The highest BCUT2D eigenvalue weighted by Gasteiger charge is 2.27. The third kappa shape index (κ3) is 2.11. The molecular weight excluding hydrogens is 235 g/mol. The van der Waals surface area contributed by atoms with E-state index in [1.165, 1.54) is 18.7 Å². The summed E-state index contributed by atoms with van der Waals surface area (Å²) in [6.07, 6.45) is 0.535. The van der Waals surface area contributed by atoms with E-state index in [1.54, 1.807) is 0 Å². The van der Waals surface area contributed by atoms with E-state index in [9.17, 15) is 9.18 Å². The lowest BCUT2D eigenvalue weighted by atomic mass is 10.4. The van der Waals surface area contributed by atoms with Crippen molar-refractivity contribution in [3.63, 3.8) is 0 Å². The number of aliphatic hydroxyl groups excluding tert-OH is 1. The Kier molecular flexibility index (Phi) is 3.27. The van der Waals surface area contributed by atoms with Crippen LogP contribution < -0.4 is 5.69 Å². The molecule has 1 N–H and O–H groups in total. The second-order valence-electron chi connectivity index (χ2n) is 3.40. The molecule has 0 amide bonds. The first-order chi connectivity index (χ1) is 7.61. The molecule has 1 aliphatic heterocycles. The number of hydrogen-bond acceptors (Lipinski definition) is 5. The average molecular weight is 246 g/mol. The highest BCUT2D eigenvalue weighted by molar-refractivity contribution is 8.00. The van der Waals surface area contributed by atoms with Gasteiger partial charge in [0.15, 0.2) is 5.82 Å². The Balaban J connectivity index is 2.28. The smallest absolute Gasteiger partial charge is 0.350 e. The zero-order valence-corrected chi connectivity index (χ0v) is 9.41. The minimum atomic E-state index is -0.558. The third-order valence-electron chi connectivity index (χ3n) is 2.28. The average Bonchev–Trinajstić information content (AvgIpc) is 2.71. The lowest BCUT2D eigenvalue weighted by molar-refractivity contribution is -0.00690. The summed E-state index contributed by atoms with van der Waals surface area (Å²) >= 11 is 1.38. The van der Waals surface area contributed by atoms with Crippen LogP contribution in [0.4, 0.5) is 4.39 Å². The van der Waals surface area contributed by atoms with Crippen molar-refractivity contribution in [3.8, 4) is 0 Å². The normalized spacial score (nSPS) is 24.9. The topological polar surface area (TPSA) is 64.4 Å². The molecule has 2 rings (SSSR count). The molecule has 88 valence electrons. The minimum absolute atomic E-state index is 0.0746. The molecule has 2 heterocycles. The molecule has 1 aromatic rings. The first-order valence-corrected chi connectivity index (χ1v) is 5.80. The van der Waals surface area contributed by atoms with Gasteiger partial charge in [-0.05, 0) is 6.92 Å². The number of aryl methyl sites for hydroxylation is 1. The van der Waals surface area contributed by atoms with Gasteiger partial charge < -0.3 is 9.84 Å². The zero-order chi connectivity index (χ0) is 11.7. The summed E-state index contributed by atoms with van der Waals surface area (Å²) in [5.41, 5.74) is -0.824. The van der Waals surface area contributed by atoms with Crippen LogP contribution >= 0.6 is 11.8 Å². The van der Waals surface area contributed by atoms with Crippen LogP contribution in [-0.2, 0) is 4.74 Å². The van der Waals surface area contributed by atoms with Crippen LogP contribution in [0.1, 0.15) is 11.9 Å². The summed E-state index contributed by atoms with van der Waals surface area (Å²) in [4.78, 5) is 15.1. The maximum atomic E-state index is 13.3. The standard InChI is InChI=1S/C9H11FN2O3S/c1-5-6(10)2-12(9(14)11-5)7-4-16-8(3-13)15-7/h2,7-8,13H,3-4H2,1H3/t7-,8+/m0/s1. The van der Waals surface area contributed by atoms with E-state index in [1.807, 2.05) is 0 Å². The fourth-order valence-electron chi connectivity index (χ4n) is 1.42. The molecule has 7 heteroatoms. The van der Waals surface area contributed by atoms with Crippen molar-refractivity contribution in [1.82, 2.24) is 9.55 Å². The highest BCUT2D eigenvalue weighted by atomic mass is 32.2. The van der Waals surface area contributed by atoms with E-state index in [-0.39, 0.29) is 17.7 Å². The number of ether oxygens (including phenoxy) is 1. The molecule has 0 spiro atoms. The summed E-state index contributed by atoms with van der Waals surface area (Å²) in [7, 11) is 0. The lowest BCUT2D eigenvalue weighted by Crippen LogP contribution is -2.29. The Hall–Kier alpha value is -0.920. The van der Waals surface area contributed by atoms with Crippen molar-refractivity contribution in [1.29, 1.82) is 0 Å². The summed E-state index contributed by atoms with van der Waals surface area (Å²) < 4.78 is 19.7. The molecule has 0 bridgehead atoms. The van der Waals surface area contributed by atoms with Gasteiger partial charge in [-0.25, -0.2) is 9.18 Å². The molecule has 2 atom stereocenters. The quantitative estimate of drug-likeness (QED) is 0.811. The minimum Gasteiger partial charge on any atom is -0.393 e. The van der Waals surface area contributed by atoms with Crippen LogP contribution in [0.25, 0.3) is 0 Å². The van der Waals surface area contributed by atoms with Crippen molar-refractivity contribution in [2.24, 2.45) is 0 Å². The van der Waals surface area contributed by atoms with Gasteiger partial charge in [0.05, 0.1) is 12.3 Å². The Labute approximate surface area is 95.3 Å². The molecule has 0 saturated carbocycles. The maximum absolute atomic E-state index is 13.3. The number of rotatable bonds is 2. The van der Waals surface area contributed by atoms with Crippen LogP contribution in [0.15, 0.2) is 11.0 Å². The van der Waals surface area contributed by atoms with Crippen LogP contribution in [0.2, 0.25) is 0 Å². The SMILES string of the molecule is Cc1nc(=O)n([C@@H]2CS[C@H](CO)O2)cc1F. The van der Waals surface area contributed by atoms with Gasteiger partial charge in [0.2, 0.25) is 0 Å². The van der Waals surface area contributed by atoms with Crippen LogP contribution in [-0.4, -0.2) is 32.5 Å². The van der Waals surface area contributed by atoms with Gasteiger partial charge in [0, 0.05) is 11.9 Å². The molecule has 0 aromatic carbocycles. The third-order valence-corrected chi connectivity index (χ3v) is 3.38. The number of halogens is 1. The summed E-state index contributed by atoms with van der Waals surface area (Å²) in [5.74, 6) is -0.0457. The van der Waals surface area contributed by atoms with Crippen molar-refractivity contribution in [2.45, 2.75) is 18.6 Å². The summed E-state index contributed by atoms with van der Waals surface area (Å²) in [5, 5.41) is 8.88. The molecular formula is C9H11FN2O3S. The predicted molar refractivity (Wildman–Crippen MR) is 56.6 cm³/mol. The van der Waals surface area contributed by atoms with Gasteiger partial charge in [-0.1, -0.05) is 0 Å². The molecule has 16 heavy (non-hydrogen) atoms. The number of hydrogen-bond donors (Lipinski definition) is 1. The second kappa shape index (κ2) is 4.52. The Morgan fingerprint density at radius 1 is 1.81 bits per heavy atom. The van der Waals surface area contributed by atoms with Crippen molar-refractivity contribution < 1.29 is 14.2 Å². The van der Waals surface area contributed by atoms with E-state index in [0.717, 1.165) is 10.8 Å². The molecule has 0 unspecified atom stereocenters. The van der Waals surface area contributed by atoms with E-state index in [0.29, 0.717) is 5.75 Å². The Bertz CT molecular complexity index is 451. The largest absolute Gasteiger partial charge is 0.393 e. The maximum Gasteiger partial charge on any atom is 0.350 e. The van der Waals surface area contributed by atoms with Crippen molar-refractivity contribution >= 4 is 11.8 Å². The van der Waals surface area contributed by atoms with Crippen LogP contribution in [0, 0.1) is 12.7 Å². The molecule has 0 radical (unpaired) electrons. The van der Waals surface area contributed by atoms with Crippen LogP contribution in [0.3, 0.4) is 0 Å². The first-order valence-electron chi connectivity index (χ1n) is 4.75. The monoisotopic (exact) mass is 246 g/mol. The number of aliphatic hydroxyl groups is 1. The number of nitrogens with zero attached hydrogens (tertiary/aromatic N) is 2. The molecule has 0 aliphatic carbocycles. The van der Waals surface area contributed by atoms with E-state index >= 15 is 0 Å². The van der Waals surface area contributed by atoms with Gasteiger partial charge in [-0.3, -0.25) is 4.57 Å². The fourth-order valence-corrected chi connectivity index (χ4v) is 2.35. The van der Waals surface area contributed by atoms with Gasteiger partial charge >= 0.3 is 5.69 Å². The second-order valence-corrected chi connectivity index (χ2v) is 4.59. The summed E-state index contributed by atoms with van der Waals surface area (Å²) in [6, 6.07) is 0. The zero-order valence-electron chi connectivity index (χ0n) is 8.59. The van der Waals surface area contributed by atoms with Gasteiger partial charge in [0.25, 0.3) is 0 Å². The van der Waals surface area contributed by atoms with E-state index in [2.05, 4.69) is 4.98 Å². The molecule has 1 aliphatic rings. The van der Waals surface area contributed by atoms with Gasteiger partial charge in [-0.2, -0.15) is 4.98 Å².